The molecule has 1 saturated carbocycles. The first kappa shape index (κ1) is 11.9. The number of hydrogen-bond donors (Lipinski definition) is 1. The molecule has 1 fully saturated rings. The van der Waals surface area contributed by atoms with E-state index in [0.717, 1.165) is 18.2 Å². The van der Waals surface area contributed by atoms with Gasteiger partial charge in [0.15, 0.2) is 0 Å². The van der Waals surface area contributed by atoms with Crippen molar-refractivity contribution < 1.29 is 4.74 Å². The van der Waals surface area contributed by atoms with Crippen LogP contribution in [0.3, 0.4) is 0 Å². The van der Waals surface area contributed by atoms with E-state index in [2.05, 4.69) is 37.4 Å². The highest BCUT2D eigenvalue weighted by Gasteiger charge is 2.35. The number of fused-ring (bicyclic) bond motifs is 1. The van der Waals surface area contributed by atoms with E-state index in [1.165, 1.54) is 43.4 Å². The monoisotopic (exact) mass is 245 g/mol. The molecule has 2 aliphatic rings. The minimum Gasteiger partial charge on any atom is -0.485 e. The van der Waals surface area contributed by atoms with Crippen LogP contribution in [0.15, 0.2) is 18.2 Å². The van der Waals surface area contributed by atoms with E-state index >= 15 is 0 Å². The van der Waals surface area contributed by atoms with E-state index in [4.69, 9.17) is 4.74 Å². The Morgan fingerprint density at radius 1 is 1.39 bits per heavy atom. The molecule has 2 nitrogen and oxygen atoms in total. The van der Waals surface area contributed by atoms with Crippen molar-refractivity contribution in [1.29, 1.82) is 0 Å². The van der Waals surface area contributed by atoms with Crippen LogP contribution in [0.4, 0.5) is 5.69 Å². The third-order valence-corrected chi connectivity index (χ3v) is 4.34. The lowest BCUT2D eigenvalue weighted by atomic mass is 10.0. The second-order valence-electron chi connectivity index (χ2n) is 6.22. The molecule has 1 aromatic rings. The Hall–Kier alpha value is -1.18. The first-order valence-corrected chi connectivity index (χ1v) is 7.21. The average molecular weight is 245 g/mol. The number of hydrogen-bond acceptors (Lipinski definition) is 2. The minimum atomic E-state index is 0.0354. The Balaban J connectivity index is 1.84. The molecule has 0 spiro atoms. The number of aryl methyl sites for hydroxylation is 1. The third kappa shape index (κ3) is 2.21. The van der Waals surface area contributed by atoms with Gasteiger partial charge in [-0.2, -0.15) is 0 Å². The number of nitrogens with one attached hydrogen (secondary N) is 1. The quantitative estimate of drug-likeness (QED) is 0.850. The molecule has 2 unspecified atom stereocenters. The van der Waals surface area contributed by atoms with Crippen LogP contribution in [0.5, 0.6) is 5.75 Å². The molecule has 0 radical (unpaired) electrons. The molecule has 2 atom stereocenters. The van der Waals surface area contributed by atoms with Crippen LogP contribution >= 0.6 is 0 Å². The van der Waals surface area contributed by atoms with Crippen molar-refractivity contribution in [2.45, 2.75) is 51.6 Å². The maximum absolute atomic E-state index is 6.37. The topological polar surface area (TPSA) is 21.3 Å². The minimum absolute atomic E-state index is 0.0354. The van der Waals surface area contributed by atoms with Crippen LogP contribution in [-0.2, 0) is 6.42 Å². The van der Waals surface area contributed by atoms with Crippen molar-refractivity contribution in [3.8, 4) is 5.75 Å². The lowest BCUT2D eigenvalue weighted by Crippen LogP contribution is -2.29. The summed E-state index contributed by atoms with van der Waals surface area (Å²) in [6.45, 7) is 5.66. The summed E-state index contributed by atoms with van der Waals surface area (Å²) in [5.74, 6) is 1.85. The smallest absolute Gasteiger partial charge is 0.143 e. The summed E-state index contributed by atoms with van der Waals surface area (Å²) < 4.78 is 6.37. The average Bonchev–Trinajstić information content (AvgIpc) is 2.70. The summed E-state index contributed by atoms with van der Waals surface area (Å²) >= 11 is 0. The van der Waals surface area contributed by atoms with Gasteiger partial charge in [-0.1, -0.05) is 19.1 Å². The second-order valence-corrected chi connectivity index (χ2v) is 6.22. The molecule has 0 saturated heterocycles. The van der Waals surface area contributed by atoms with Crippen LogP contribution < -0.4 is 10.1 Å². The standard InChI is InChI=1S/C16H23NO/c1-12-8-9-16(2,11-12)18-14-7-3-5-13-6-4-10-17-15(13)14/h3,5,7,12,17H,4,6,8-11H2,1-2H3. The summed E-state index contributed by atoms with van der Waals surface area (Å²) in [6, 6.07) is 6.46. The summed E-state index contributed by atoms with van der Waals surface area (Å²) in [4.78, 5) is 0. The Morgan fingerprint density at radius 2 is 2.28 bits per heavy atom. The summed E-state index contributed by atoms with van der Waals surface area (Å²) in [5.41, 5.74) is 2.69. The van der Waals surface area contributed by atoms with Gasteiger partial charge in [0.25, 0.3) is 0 Å². The first-order chi connectivity index (χ1) is 8.66. The molecule has 1 N–H and O–H groups in total. The fourth-order valence-electron chi connectivity index (χ4n) is 3.41. The van der Waals surface area contributed by atoms with Gasteiger partial charge in [0.05, 0.1) is 5.69 Å². The predicted molar refractivity (Wildman–Crippen MR) is 75.3 cm³/mol. The summed E-state index contributed by atoms with van der Waals surface area (Å²) in [5, 5.41) is 3.51. The van der Waals surface area contributed by atoms with E-state index in [1.54, 1.807) is 0 Å². The Kier molecular flexibility index (Phi) is 2.96. The van der Waals surface area contributed by atoms with Crippen LogP contribution in [-0.4, -0.2) is 12.1 Å². The highest BCUT2D eigenvalue weighted by atomic mass is 16.5. The fourth-order valence-corrected chi connectivity index (χ4v) is 3.41. The predicted octanol–water partition coefficient (Wildman–Crippen LogP) is 4.00. The van der Waals surface area contributed by atoms with Crippen molar-refractivity contribution >= 4 is 5.69 Å². The van der Waals surface area contributed by atoms with Gasteiger partial charge in [-0.05, 0) is 56.6 Å². The largest absolute Gasteiger partial charge is 0.485 e. The molecule has 0 bridgehead atoms. The number of rotatable bonds is 2. The maximum atomic E-state index is 6.37. The molecule has 1 aliphatic carbocycles. The molecular formula is C16H23NO. The van der Waals surface area contributed by atoms with Crippen molar-refractivity contribution in [3.63, 3.8) is 0 Å². The van der Waals surface area contributed by atoms with Gasteiger partial charge >= 0.3 is 0 Å². The molecule has 2 heteroatoms. The lowest BCUT2D eigenvalue weighted by molar-refractivity contribution is 0.0936. The van der Waals surface area contributed by atoms with E-state index < -0.39 is 0 Å². The van der Waals surface area contributed by atoms with Gasteiger partial charge in [0.1, 0.15) is 11.4 Å². The lowest BCUT2D eigenvalue weighted by Gasteiger charge is -2.29. The number of anilines is 1. The highest BCUT2D eigenvalue weighted by Crippen LogP contribution is 2.41. The maximum Gasteiger partial charge on any atom is 0.143 e. The number of para-hydroxylation sites is 1. The summed E-state index contributed by atoms with van der Waals surface area (Å²) in [6.07, 6.45) is 6.05. The van der Waals surface area contributed by atoms with Crippen molar-refractivity contribution in [1.82, 2.24) is 0 Å². The van der Waals surface area contributed by atoms with Crippen molar-refractivity contribution in [2.24, 2.45) is 5.92 Å². The fraction of sp³-hybridized carbons (Fsp3) is 0.625. The van der Waals surface area contributed by atoms with Crippen LogP contribution in [0.2, 0.25) is 0 Å². The van der Waals surface area contributed by atoms with Gasteiger partial charge in [0.2, 0.25) is 0 Å². The number of ether oxygens (including phenoxy) is 1. The van der Waals surface area contributed by atoms with E-state index in [1.807, 2.05) is 0 Å². The molecule has 18 heavy (non-hydrogen) atoms. The molecule has 1 aromatic carbocycles. The molecule has 1 aliphatic heterocycles. The van der Waals surface area contributed by atoms with E-state index in [0.29, 0.717) is 0 Å². The molecule has 0 aromatic heterocycles. The van der Waals surface area contributed by atoms with Crippen LogP contribution in [0.1, 0.15) is 45.1 Å². The van der Waals surface area contributed by atoms with Gasteiger partial charge in [0, 0.05) is 6.54 Å². The molecule has 3 rings (SSSR count). The second kappa shape index (κ2) is 4.49. The molecule has 1 heterocycles. The Bertz CT molecular complexity index is 443. The Morgan fingerprint density at radius 3 is 3.06 bits per heavy atom. The normalized spacial score (nSPS) is 30.7. The van der Waals surface area contributed by atoms with Crippen molar-refractivity contribution in [3.05, 3.63) is 23.8 Å². The molecule has 0 amide bonds. The third-order valence-electron chi connectivity index (χ3n) is 4.34. The molecule has 98 valence electrons. The number of benzene rings is 1. The van der Waals surface area contributed by atoms with Crippen molar-refractivity contribution in [2.75, 3.05) is 11.9 Å². The first-order valence-electron chi connectivity index (χ1n) is 7.21. The highest BCUT2D eigenvalue weighted by molar-refractivity contribution is 5.63. The van der Waals surface area contributed by atoms with E-state index in [-0.39, 0.29) is 5.60 Å². The zero-order valence-corrected chi connectivity index (χ0v) is 11.5. The zero-order valence-electron chi connectivity index (χ0n) is 11.5. The summed E-state index contributed by atoms with van der Waals surface area (Å²) in [7, 11) is 0. The van der Waals surface area contributed by atoms with Crippen LogP contribution in [0, 0.1) is 5.92 Å². The van der Waals surface area contributed by atoms with Crippen LogP contribution in [0.25, 0.3) is 0 Å². The zero-order chi connectivity index (χ0) is 12.6. The van der Waals surface area contributed by atoms with Gasteiger partial charge < -0.3 is 10.1 Å². The van der Waals surface area contributed by atoms with Gasteiger partial charge in [-0.15, -0.1) is 0 Å². The van der Waals surface area contributed by atoms with Gasteiger partial charge in [-0.3, -0.25) is 0 Å². The Labute approximate surface area is 110 Å². The van der Waals surface area contributed by atoms with Gasteiger partial charge in [-0.25, -0.2) is 0 Å². The van der Waals surface area contributed by atoms with E-state index in [9.17, 15) is 0 Å². The SMILES string of the molecule is CC1CCC(C)(Oc2cccc3c2NCCC3)C1. The molecular weight excluding hydrogens is 222 g/mol.